The van der Waals surface area contributed by atoms with Gasteiger partial charge in [-0.25, -0.2) is 0 Å². The summed E-state index contributed by atoms with van der Waals surface area (Å²) < 4.78 is 5.15. The maximum atomic E-state index is 12.7. The van der Waals surface area contributed by atoms with Crippen molar-refractivity contribution in [3.05, 3.63) is 54.0 Å². The van der Waals surface area contributed by atoms with Gasteiger partial charge >= 0.3 is 0 Å². The van der Waals surface area contributed by atoms with E-state index in [1.54, 1.807) is 18.0 Å². The third-order valence-electron chi connectivity index (χ3n) is 4.86. The lowest BCUT2D eigenvalue weighted by molar-refractivity contribution is 0.0699. The molecule has 0 saturated carbocycles. The Bertz CT molecular complexity index is 1020. The molecule has 1 saturated heterocycles. The van der Waals surface area contributed by atoms with Gasteiger partial charge in [-0.15, -0.1) is 0 Å². The van der Waals surface area contributed by atoms with E-state index in [4.69, 9.17) is 9.78 Å². The van der Waals surface area contributed by atoms with Crippen LogP contribution in [-0.2, 0) is 0 Å². The van der Waals surface area contributed by atoms with Gasteiger partial charge in [0.05, 0.1) is 23.2 Å². The van der Waals surface area contributed by atoms with Crippen molar-refractivity contribution in [3.63, 3.8) is 0 Å². The molecule has 3 aromatic rings. The third kappa shape index (κ3) is 3.62. The molecule has 1 aliphatic heterocycles. The smallest absolute Gasteiger partial charge is 0.259 e. The van der Waals surface area contributed by atoms with E-state index in [9.17, 15) is 4.79 Å². The van der Waals surface area contributed by atoms with Crippen molar-refractivity contribution in [2.45, 2.75) is 19.8 Å². The second-order valence-corrected chi connectivity index (χ2v) is 6.88. The van der Waals surface area contributed by atoms with Crippen molar-refractivity contribution < 1.29 is 9.32 Å². The molecule has 0 bridgehead atoms. The summed E-state index contributed by atoms with van der Waals surface area (Å²) in [5, 5.41) is 12.9. The summed E-state index contributed by atoms with van der Waals surface area (Å²) in [5.74, 6) is 0.924. The normalized spacial score (nSPS) is 16.6. The Morgan fingerprint density at radius 2 is 2.00 bits per heavy atom. The first kappa shape index (κ1) is 17.9. The molecule has 0 N–H and O–H groups in total. The standard InChI is InChI=1S/C21H19N5O2/c1-14-24-20(28-25-14)18-8-9-19(23-12-18)16-4-6-17(7-5-16)21(27)26-10-2-3-15(11-22)13-26/h4-9,12,15H,2-3,10,13H2,1H3/t15-/m1/s1. The maximum absolute atomic E-state index is 12.7. The molecule has 7 nitrogen and oxygen atoms in total. The Balaban J connectivity index is 1.48. The molecule has 3 heterocycles. The van der Waals surface area contributed by atoms with Crippen molar-refractivity contribution in [1.82, 2.24) is 20.0 Å². The monoisotopic (exact) mass is 373 g/mol. The average Bonchev–Trinajstić information content (AvgIpc) is 3.20. The van der Waals surface area contributed by atoms with Crippen molar-refractivity contribution in [1.29, 1.82) is 5.26 Å². The largest absolute Gasteiger partial charge is 0.337 e. The molecule has 1 aliphatic rings. The van der Waals surface area contributed by atoms with Gasteiger partial charge in [0.2, 0.25) is 0 Å². The molecule has 7 heteroatoms. The molecule has 1 amide bonds. The fourth-order valence-electron chi connectivity index (χ4n) is 3.34. The van der Waals surface area contributed by atoms with E-state index >= 15 is 0 Å². The van der Waals surface area contributed by atoms with Crippen LogP contribution in [0.5, 0.6) is 0 Å². The first-order valence-electron chi connectivity index (χ1n) is 9.20. The van der Waals surface area contributed by atoms with E-state index < -0.39 is 0 Å². The molecule has 2 aromatic heterocycles. The fraction of sp³-hybridized carbons (Fsp3) is 0.286. The average molecular weight is 373 g/mol. The zero-order chi connectivity index (χ0) is 19.5. The van der Waals surface area contributed by atoms with E-state index in [0.29, 0.717) is 30.4 Å². The highest BCUT2D eigenvalue weighted by Gasteiger charge is 2.24. The molecule has 0 aliphatic carbocycles. The minimum atomic E-state index is -0.0673. The molecular formula is C21H19N5O2. The third-order valence-corrected chi connectivity index (χ3v) is 4.86. The van der Waals surface area contributed by atoms with Gasteiger partial charge in [-0.3, -0.25) is 9.78 Å². The number of pyridine rings is 1. The van der Waals surface area contributed by atoms with Crippen molar-refractivity contribution in [2.24, 2.45) is 5.92 Å². The lowest BCUT2D eigenvalue weighted by atomic mass is 9.98. The first-order chi connectivity index (χ1) is 13.6. The predicted molar refractivity (Wildman–Crippen MR) is 102 cm³/mol. The molecule has 1 atom stereocenters. The minimum absolute atomic E-state index is 0.0263. The van der Waals surface area contributed by atoms with Crippen LogP contribution in [0.2, 0.25) is 0 Å². The number of carbonyl (C=O) groups excluding carboxylic acids is 1. The lowest BCUT2D eigenvalue weighted by Gasteiger charge is -2.29. The number of aromatic nitrogens is 3. The number of nitrogens with zero attached hydrogens (tertiary/aromatic N) is 5. The number of hydrogen-bond donors (Lipinski definition) is 0. The number of aryl methyl sites for hydroxylation is 1. The quantitative estimate of drug-likeness (QED) is 0.697. The highest BCUT2D eigenvalue weighted by atomic mass is 16.5. The van der Waals surface area contributed by atoms with E-state index in [1.165, 1.54) is 0 Å². The maximum Gasteiger partial charge on any atom is 0.259 e. The van der Waals surface area contributed by atoms with Crippen LogP contribution in [0.1, 0.15) is 29.0 Å². The number of carbonyl (C=O) groups is 1. The van der Waals surface area contributed by atoms with Crippen LogP contribution in [0, 0.1) is 24.2 Å². The van der Waals surface area contributed by atoms with Crippen LogP contribution < -0.4 is 0 Å². The van der Waals surface area contributed by atoms with Gasteiger partial charge in [-0.05, 0) is 44.0 Å². The van der Waals surface area contributed by atoms with Gasteiger partial charge in [0.15, 0.2) is 5.82 Å². The van der Waals surface area contributed by atoms with Crippen LogP contribution >= 0.6 is 0 Å². The predicted octanol–water partition coefficient (Wildman–Crippen LogP) is 3.48. The molecule has 0 radical (unpaired) electrons. The number of hydrogen-bond acceptors (Lipinski definition) is 6. The molecule has 28 heavy (non-hydrogen) atoms. The molecule has 4 rings (SSSR count). The minimum Gasteiger partial charge on any atom is -0.337 e. The van der Waals surface area contributed by atoms with E-state index in [-0.39, 0.29) is 11.8 Å². The SMILES string of the molecule is Cc1noc(-c2ccc(-c3ccc(C(=O)N4CCC[C@H](C#N)C4)cc3)nc2)n1. The van der Waals surface area contributed by atoms with Crippen LogP contribution in [0.4, 0.5) is 0 Å². The van der Waals surface area contributed by atoms with Gasteiger partial charge in [-0.1, -0.05) is 17.3 Å². The van der Waals surface area contributed by atoms with E-state index in [1.807, 2.05) is 36.4 Å². The molecule has 1 aromatic carbocycles. The Labute approximate surface area is 162 Å². The second-order valence-electron chi connectivity index (χ2n) is 6.88. The molecule has 0 spiro atoms. The molecule has 0 unspecified atom stereocenters. The summed E-state index contributed by atoms with van der Waals surface area (Å²) in [7, 11) is 0. The Morgan fingerprint density at radius 1 is 1.21 bits per heavy atom. The number of likely N-dealkylation sites (tertiary alicyclic amines) is 1. The summed E-state index contributed by atoms with van der Waals surface area (Å²) >= 11 is 0. The summed E-state index contributed by atoms with van der Waals surface area (Å²) in [5.41, 5.74) is 3.09. The van der Waals surface area contributed by atoms with Gasteiger partial charge in [0, 0.05) is 30.4 Å². The zero-order valence-corrected chi connectivity index (χ0v) is 15.5. The summed E-state index contributed by atoms with van der Waals surface area (Å²) in [6.45, 7) is 2.98. The van der Waals surface area contributed by atoms with E-state index in [0.717, 1.165) is 29.7 Å². The number of piperidine rings is 1. The Hall–Kier alpha value is -3.53. The highest BCUT2D eigenvalue weighted by molar-refractivity contribution is 5.94. The molecule has 140 valence electrons. The number of nitriles is 1. The van der Waals surface area contributed by atoms with Crippen LogP contribution in [0.3, 0.4) is 0 Å². The fourth-order valence-corrected chi connectivity index (χ4v) is 3.34. The number of benzene rings is 1. The van der Waals surface area contributed by atoms with Gasteiger partial charge in [0.25, 0.3) is 11.8 Å². The topological polar surface area (TPSA) is 95.9 Å². The number of rotatable bonds is 3. The van der Waals surface area contributed by atoms with Crippen molar-refractivity contribution >= 4 is 5.91 Å². The van der Waals surface area contributed by atoms with Gasteiger partial charge in [0.1, 0.15) is 0 Å². The Kier molecular flexibility index (Phi) is 4.85. The number of amides is 1. The summed E-state index contributed by atoms with van der Waals surface area (Å²) in [4.78, 5) is 23.1. The zero-order valence-electron chi connectivity index (χ0n) is 15.5. The van der Waals surface area contributed by atoms with Crippen molar-refractivity contribution in [2.75, 3.05) is 13.1 Å². The summed E-state index contributed by atoms with van der Waals surface area (Å²) in [6.07, 6.45) is 3.43. The highest BCUT2D eigenvalue weighted by Crippen LogP contribution is 2.23. The van der Waals surface area contributed by atoms with Crippen LogP contribution in [0.25, 0.3) is 22.7 Å². The van der Waals surface area contributed by atoms with Gasteiger partial charge < -0.3 is 9.42 Å². The molecular weight excluding hydrogens is 354 g/mol. The second kappa shape index (κ2) is 7.61. The first-order valence-corrected chi connectivity index (χ1v) is 9.20. The van der Waals surface area contributed by atoms with E-state index in [2.05, 4.69) is 21.2 Å². The molecule has 1 fully saturated rings. The van der Waals surface area contributed by atoms with Gasteiger partial charge in [-0.2, -0.15) is 10.2 Å². The lowest BCUT2D eigenvalue weighted by Crippen LogP contribution is -2.39. The van der Waals surface area contributed by atoms with Crippen LogP contribution in [-0.4, -0.2) is 39.0 Å². The Morgan fingerprint density at radius 3 is 2.64 bits per heavy atom. The van der Waals surface area contributed by atoms with Crippen molar-refractivity contribution in [3.8, 4) is 28.8 Å². The summed E-state index contributed by atoms with van der Waals surface area (Å²) in [6, 6.07) is 13.4. The van der Waals surface area contributed by atoms with Crippen LogP contribution in [0.15, 0.2) is 47.1 Å².